The molecule has 0 unspecified atom stereocenters. The van der Waals surface area contributed by atoms with Crippen LogP contribution in [0.5, 0.6) is 0 Å². The molecular formula is C7H19NOSi. The molecule has 0 radical (unpaired) electrons. The van der Waals surface area contributed by atoms with Gasteiger partial charge in [0.1, 0.15) is 0 Å². The quantitative estimate of drug-likeness (QED) is 0.487. The lowest BCUT2D eigenvalue weighted by atomic mass is 10.5. The molecule has 0 heterocycles. The van der Waals surface area contributed by atoms with Crippen LogP contribution in [0.3, 0.4) is 0 Å². The Balaban J connectivity index is 3.28. The third-order valence-corrected chi connectivity index (χ3v) is 4.42. The summed E-state index contributed by atoms with van der Waals surface area (Å²) in [7, 11) is 2.56. The van der Waals surface area contributed by atoms with Gasteiger partial charge in [-0.1, -0.05) is 0 Å². The van der Waals surface area contributed by atoms with Crippen LogP contribution in [-0.4, -0.2) is 29.0 Å². The molecule has 0 aliphatic rings. The summed E-state index contributed by atoms with van der Waals surface area (Å²) in [5, 5.41) is 3.13. The molecule has 0 aromatic heterocycles. The molecule has 0 fully saturated rings. The summed E-state index contributed by atoms with van der Waals surface area (Å²) in [6, 6.07) is 1.25. The maximum absolute atomic E-state index is 5.40. The van der Waals surface area contributed by atoms with E-state index in [0.717, 1.165) is 6.54 Å². The lowest BCUT2D eigenvalue weighted by molar-refractivity contribution is 0.401. The molecule has 0 aromatic carbocycles. The van der Waals surface area contributed by atoms with Gasteiger partial charge in [-0.15, -0.1) is 0 Å². The van der Waals surface area contributed by atoms with Crippen LogP contribution in [0.25, 0.3) is 0 Å². The molecule has 0 spiro atoms. The molecule has 3 heteroatoms. The molecule has 0 saturated heterocycles. The average molecular weight is 161 g/mol. The van der Waals surface area contributed by atoms with Gasteiger partial charge in [0.05, 0.1) is 0 Å². The first kappa shape index (κ1) is 10.1. The summed E-state index contributed by atoms with van der Waals surface area (Å²) in [4.78, 5) is 0. The Morgan fingerprint density at radius 1 is 1.40 bits per heavy atom. The Morgan fingerprint density at radius 2 is 2.00 bits per heavy atom. The number of rotatable bonds is 5. The fourth-order valence-corrected chi connectivity index (χ4v) is 2.03. The Morgan fingerprint density at radius 3 is 2.40 bits per heavy atom. The zero-order chi connectivity index (χ0) is 8.04. The lowest BCUT2D eigenvalue weighted by Crippen LogP contribution is -2.29. The van der Waals surface area contributed by atoms with Crippen LogP contribution >= 0.6 is 0 Å². The number of hydrogen-bond donors (Lipinski definition) is 1. The van der Waals surface area contributed by atoms with Crippen LogP contribution in [-0.2, 0) is 4.43 Å². The van der Waals surface area contributed by atoms with E-state index in [1.165, 1.54) is 12.5 Å². The summed E-state index contributed by atoms with van der Waals surface area (Å²) in [5.74, 6) is 0. The zero-order valence-corrected chi connectivity index (χ0v) is 8.53. The Kier molecular flexibility index (Phi) is 4.94. The summed E-state index contributed by atoms with van der Waals surface area (Å²) in [5.41, 5.74) is 0. The van der Waals surface area contributed by atoms with E-state index >= 15 is 0 Å². The molecule has 0 aliphatic heterocycles. The van der Waals surface area contributed by atoms with Crippen molar-refractivity contribution in [2.45, 2.75) is 25.6 Å². The number of nitrogens with one attached hydrogen (secondary N) is 1. The average Bonchev–Trinajstić information content (AvgIpc) is 1.89. The third-order valence-electron chi connectivity index (χ3n) is 1.76. The Hall–Kier alpha value is 0.137. The fourth-order valence-electron chi connectivity index (χ4n) is 0.793. The molecule has 0 amide bonds. The minimum atomic E-state index is -1.25. The van der Waals surface area contributed by atoms with Crippen LogP contribution in [0.1, 0.15) is 6.42 Å². The predicted molar refractivity (Wildman–Crippen MR) is 47.8 cm³/mol. The van der Waals surface area contributed by atoms with Gasteiger partial charge >= 0.3 is 0 Å². The monoisotopic (exact) mass is 161 g/mol. The second-order valence-corrected chi connectivity index (χ2v) is 7.60. The highest BCUT2D eigenvalue weighted by atomic mass is 28.4. The van der Waals surface area contributed by atoms with Crippen molar-refractivity contribution in [3.63, 3.8) is 0 Å². The Bertz CT molecular complexity index is 85.7. The molecule has 10 heavy (non-hydrogen) atoms. The van der Waals surface area contributed by atoms with Crippen LogP contribution in [0.2, 0.25) is 19.1 Å². The molecule has 0 saturated carbocycles. The van der Waals surface area contributed by atoms with Gasteiger partial charge in [0.15, 0.2) is 8.32 Å². The van der Waals surface area contributed by atoms with E-state index in [4.69, 9.17) is 4.43 Å². The van der Waals surface area contributed by atoms with Gasteiger partial charge in [0.2, 0.25) is 0 Å². The van der Waals surface area contributed by atoms with Crippen molar-refractivity contribution in [3.8, 4) is 0 Å². The smallest absolute Gasteiger partial charge is 0.186 e. The second kappa shape index (κ2) is 4.88. The van der Waals surface area contributed by atoms with Crippen molar-refractivity contribution >= 4 is 8.32 Å². The Labute approximate surface area is 65.1 Å². The summed E-state index contributed by atoms with van der Waals surface area (Å²) in [6.45, 7) is 5.62. The largest absolute Gasteiger partial charge is 0.420 e. The predicted octanol–water partition coefficient (Wildman–Crippen LogP) is 1.45. The molecule has 0 aliphatic carbocycles. The molecule has 0 bridgehead atoms. The first-order chi connectivity index (χ1) is 4.62. The zero-order valence-electron chi connectivity index (χ0n) is 7.53. The topological polar surface area (TPSA) is 21.3 Å². The van der Waals surface area contributed by atoms with Gasteiger partial charge in [-0.3, -0.25) is 0 Å². The van der Waals surface area contributed by atoms with E-state index in [-0.39, 0.29) is 0 Å². The summed E-state index contributed by atoms with van der Waals surface area (Å²) in [6.07, 6.45) is 1.24. The van der Waals surface area contributed by atoms with Crippen LogP contribution < -0.4 is 5.32 Å². The van der Waals surface area contributed by atoms with Gasteiger partial charge in [-0.2, -0.15) is 0 Å². The molecule has 2 nitrogen and oxygen atoms in total. The molecular weight excluding hydrogens is 142 g/mol. The van der Waals surface area contributed by atoms with Crippen LogP contribution in [0.4, 0.5) is 0 Å². The van der Waals surface area contributed by atoms with Gasteiger partial charge in [-0.05, 0) is 39.2 Å². The standard InChI is InChI=1S/C7H19NOSi/c1-8-6-5-7-10(3,4)9-2/h8H,5-7H2,1-4H3. The fraction of sp³-hybridized carbons (Fsp3) is 1.00. The van der Waals surface area contributed by atoms with E-state index in [2.05, 4.69) is 18.4 Å². The molecule has 62 valence electrons. The van der Waals surface area contributed by atoms with Crippen LogP contribution in [0.15, 0.2) is 0 Å². The highest BCUT2D eigenvalue weighted by Gasteiger charge is 2.18. The van der Waals surface area contributed by atoms with Crippen molar-refractivity contribution in [1.82, 2.24) is 5.32 Å². The second-order valence-electron chi connectivity index (χ2n) is 3.17. The molecule has 0 aromatic rings. The maximum atomic E-state index is 5.40. The summed E-state index contributed by atoms with van der Waals surface area (Å²) >= 11 is 0. The van der Waals surface area contributed by atoms with E-state index in [0.29, 0.717) is 0 Å². The van der Waals surface area contributed by atoms with Gasteiger partial charge < -0.3 is 9.74 Å². The minimum absolute atomic E-state index is 1.11. The highest BCUT2D eigenvalue weighted by molar-refractivity contribution is 6.71. The first-order valence-corrected chi connectivity index (χ1v) is 6.93. The van der Waals surface area contributed by atoms with E-state index in [9.17, 15) is 0 Å². The van der Waals surface area contributed by atoms with Gasteiger partial charge in [0, 0.05) is 7.11 Å². The third kappa shape index (κ3) is 4.96. The lowest BCUT2D eigenvalue weighted by Gasteiger charge is -2.19. The van der Waals surface area contributed by atoms with Crippen molar-refractivity contribution in [2.24, 2.45) is 0 Å². The maximum Gasteiger partial charge on any atom is 0.186 e. The first-order valence-electron chi connectivity index (χ1n) is 3.82. The molecule has 0 atom stereocenters. The normalized spacial score (nSPS) is 12.0. The van der Waals surface area contributed by atoms with Crippen LogP contribution in [0, 0.1) is 0 Å². The van der Waals surface area contributed by atoms with Gasteiger partial charge in [0.25, 0.3) is 0 Å². The number of hydrogen-bond acceptors (Lipinski definition) is 2. The molecule has 0 rings (SSSR count). The van der Waals surface area contributed by atoms with Gasteiger partial charge in [-0.25, -0.2) is 0 Å². The van der Waals surface area contributed by atoms with E-state index in [1.807, 2.05) is 14.2 Å². The highest BCUT2D eigenvalue weighted by Crippen LogP contribution is 2.10. The summed E-state index contributed by atoms with van der Waals surface area (Å²) < 4.78 is 5.40. The van der Waals surface area contributed by atoms with Crippen molar-refractivity contribution in [1.29, 1.82) is 0 Å². The van der Waals surface area contributed by atoms with E-state index < -0.39 is 8.32 Å². The SMILES string of the molecule is CNCCC[Si](C)(C)OC. The van der Waals surface area contributed by atoms with Crippen molar-refractivity contribution in [3.05, 3.63) is 0 Å². The molecule has 1 N–H and O–H groups in total. The van der Waals surface area contributed by atoms with Crippen molar-refractivity contribution in [2.75, 3.05) is 20.7 Å². The minimum Gasteiger partial charge on any atom is -0.420 e. The van der Waals surface area contributed by atoms with E-state index in [1.54, 1.807) is 0 Å². The van der Waals surface area contributed by atoms with Crippen molar-refractivity contribution < 1.29 is 4.43 Å².